The molecule has 2 nitrogen and oxygen atoms in total. The summed E-state index contributed by atoms with van der Waals surface area (Å²) in [7, 11) is 0. The Morgan fingerprint density at radius 1 is 0.727 bits per heavy atom. The van der Waals surface area contributed by atoms with E-state index >= 15 is 0 Å². The van der Waals surface area contributed by atoms with Gasteiger partial charge in [0.2, 0.25) is 0 Å². The predicted molar refractivity (Wildman–Crippen MR) is 98.1 cm³/mol. The van der Waals surface area contributed by atoms with Crippen LogP contribution < -0.4 is 0 Å². The van der Waals surface area contributed by atoms with Crippen LogP contribution in [0.25, 0.3) is 0 Å². The fourth-order valence-electron chi connectivity index (χ4n) is 2.40. The minimum absolute atomic E-state index is 0.350. The first-order valence-corrected chi connectivity index (χ1v) is 9.37. The molecule has 0 aromatic rings. The van der Waals surface area contributed by atoms with E-state index in [0.717, 1.165) is 31.0 Å². The minimum atomic E-state index is 0.350. The number of hydrogen-bond acceptors (Lipinski definition) is 2. The number of aliphatic hydroxyl groups is 1. The standard InChI is InChI=1S/C10H22O.C10H20O/c2*1-9(2)5-4-6-10(3)7-8-11/h9-11H,4-8H2,1-3H3;8-10H,4-7H2,1-3H3. The molecule has 0 fully saturated rings. The molecule has 0 saturated carbocycles. The molecule has 0 aromatic carbocycles. The van der Waals surface area contributed by atoms with E-state index in [1.165, 1.54) is 38.5 Å². The molecule has 0 heterocycles. The minimum Gasteiger partial charge on any atom is -0.396 e. The first-order chi connectivity index (χ1) is 10.3. The molecule has 0 aromatic heterocycles. The lowest BCUT2D eigenvalue weighted by atomic mass is 9.98. The molecule has 0 aliphatic carbocycles. The van der Waals surface area contributed by atoms with Crippen LogP contribution in [-0.4, -0.2) is 18.0 Å². The normalized spacial score (nSPS) is 13.7. The highest BCUT2D eigenvalue weighted by atomic mass is 16.3. The highest BCUT2D eigenvalue weighted by Crippen LogP contribution is 2.14. The van der Waals surface area contributed by atoms with E-state index in [4.69, 9.17) is 5.11 Å². The van der Waals surface area contributed by atoms with Crippen molar-refractivity contribution in [2.45, 2.75) is 92.9 Å². The molecule has 2 heteroatoms. The lowest BCUT2D eigenvalue weighted by Gasteiger charge is -2.09. The van der Waals surface area contributed by atoms with Crippen LogP contribution in [0.3, 0.4) is 0 Å². The Balaban J connectivity index is 0. The SMILES string of the molecule is CC(C)CCCC(C)CC=O.CC(C)CCCC(C)CCO. The molecular weight excluding hydrogens is 272 g/mol. The summed E-state index contributed by atoms with van der Waals surface area (Å²) < 4.78 is 0. The zero-order valence-electron chi connectivity index (χ0n) is 16.1. The third-order valence-electron chi connectivity index (χ3n) is 4.08. The molecule has 0 amide bonds. The molecule has 2 atom stereocenters. The number of carbonyl (C=O) groups excluding carboxylic acids is 1. The Morgan fingerprint density at radius 2 is 1.18 bits per heavy atom. The van der Waals surface area contributed by atoms with Gasteiger partial charge in [-0.05, 0) is 30.1 Å². The molecule has 2 unspecified atom stereocenters. The number of aliphatic hydroxyl groups excluding tert-OH is 1. The second kappa shape index (κ2) is 17.0. The maximum absolute atomic E-state index is 10.1. The Labute approximate surface area is 140 Å². The number of rotatable bonds is 12. The van der Waals surface area contributed by atoms with Crippen LogP contribution in [0.4, 0.5) is 0 Å². The van der Waals surface area contributed by atoms with E-state index in [1.54, 1.807) is 0 Å². The van der Waals surface area contributed by atoms with Gasteiger partial charge in [-0.25, -0.2) is 0 Å². The summed E-state index contributed by atoms with van der Waals surface area (Å²) in [5.74, 6) is 2.93. The van der Waals surface area contributed by atoms with Crippen molar-refractivity contribution in [2.24, 2.45) is 23.7 Å². The maximum Gasteiger partial charge on any atom is 0.120 e. The Kier molecular flexibility index (Phi) is 18.5. The van der Waals surface area contributed by atoms with Crippen molar-refractivity contribution >= 4 is 6.29 Å². The van der Waals surface area contributed by atoms with Gasteiger partial charge in [-0.1, -0.05) is 80.1 Å². The summed E-state index contributed by atoms with van der Waals surface area (Å²) in [6.07, 6.45) is 10.4. The molecule has 134 valence electrons. The Bertz CT molecular complexity index is 224. The lowest BCUT2D eigenvalue weighted by molar-refractivity contribution is -0.108. The topological polar surface area (TPSA) is 37.3 Å². The first kappa shape index (κ1) is 23.9. The van der Waals surface area contributed by atoms with Gasteiger partial charge in [-0.3, -0.25) is 0 Å². The van der Waals surface area contributed by atoms with Crippen LogP contribution in [0.1, 0.15) is 92.9 Å². The monoisotopic (exact) mass is 314 g/mol. The van der Waals surface area contributed by atoms with Gasteiger partial charge in [0.25, 0.3) is 0 Å². The molecular formula is C20H42O2. The second-order valence-corrected chi connectivity index (χ2v) is 7.77. The fourth-order valence-corrected chi connectivity index (χ4v) is 2.40. The molecule has 22 heavy (non-hydrogen) atoms. The summed E-state index contributed by atoms with van der Waals surface area (Å²) in [4.78, 5) is 10.1. The second-order valence-electron chi connectivity index (χ2n) is 7.77. The maximum atomic E-state index is 10.1. The van der Waals surface area contributed by atoms with E-state index in [9.17, 15) is 4.79 Å². The van der Waals surface area contributed by atoms with Gasteiger partial charge in [0.1, 0.15) is 6.29 Å². The van der Waals surface area contributed by atoms with Crippen molar-refractivity contribution in [1.29, 1.82) is 0 Å². The van der Waals surface area contributed by atoms with Crippen LogP contribution in [0.2, 0.25) is 0 Å². The third-order valence-corrected chi connectivity index (χ3v) is 4.08. The number of hydrogen-bond donors (Lipinski definition) is 1. The summed E-state index contributed by atoms with van der Waals surface area (Å²) in [5, 5.41) is 8.65. The van der Waals surface area contributed by atoms with E-state index < -0.39 is 0 Å². The zero-order valence-corrected chi connectivity index (χ0v) is 16.1. The molecule has 0 spiro atoms. The van der Waals surface area contributed by atoms with Gasteiger partial charge in [-0.15, -0.1) is 0 Å². The van der Waals surface area contributed by atoms with Crippen LogP contribution in [-0.2, 0) is 4.79 Å². The van der Waals surface area contributed by atoms with Crippen molar-refractivity contribution in [3.8, 4) is 0 Å². The van der Waals surface area contributed by atoms with Gasteiger partial charge in [-0.2, -0.15) is 0 Å². The molecule has 0 saturated heterocycles. The van der Waals surface area contributed by atoms with Gasteiger partial charge in [0, 0.05) is 13.0 Å². The number of aldehydes is 1. The Morgan fingerprint density at radius 3 is 1.55 bits per heavy atom. The van der Waals surface area contributed by atoms with Gasteiger partial charge >= 0.3 is 0 Å². The van der Waals surface area contributed by atoms with E-state index in [2.05, 4.69) is 41.5 Å². The molecule has 0 aliphatic heterocycles. The smallest absolute Gasteiger partial charge is 0.120 e. The van der Waals surface area contributed by atoms with Crippen LogP contribution in [0.5, 0.6) is 0 Å². The quantitative estimate of drug-likeness (QED) is 0.457. The molecule has 0 bridgehead atoms. The summed E-state index contributed by atoms with van der Waals surface area (Å²) in [5.41, 5.74) is 0. The lowest BCUT2D eigenvalue weighted by Crippen LogP contribution is -1.98. The Hall–Kier alpha value is -0.370. The average molecular weight is 315 g/mol. The highest BCUT2D eigenvalue weighted by Gasteiger charge is 2.02. The van der Waals surface area contributed by atoms with Crippen LogP contribution in [0, 0.1) is 23.7 Å². The van der Waals surface area contributed by atoms with Gasteiger partial charge < -0.3 is 9.90 Å². The third kappa shape index (κ3) is 21.9. The van der Waals surface area contributed by atoms with Crippen molar-refractivity contribution in [3.05, 3.63) is 0 Å². The summed E-state index contributed by atoms with van der Waals surface area (Å²) >= 11 is 0. The molecule has 0 aliphatic rings. The van der Waals surface area contributed by atoms with Crippen molar-refractivity contribution < 1.29 is 9.90 Å². The van der Waals surface area contributed by atoms with E-state index in [1.807, 2.05) is 0 Å². The predicted octanol–water partition coefficient (Wildman–Crippen LogP) is 5.87. The van der Waals surface area contributed by atoms with Gasteiger partial charge in [0.15, 0.2) is 0 Å². The van der Waals surface area contributed by atoms with Crippen molar-refractivity contribution in [1.82, 2.24) is 0 Å². The first-order valence-electron chi connectivity index (χ1n) is 9.37. The molecule has 0 radical (unpaired) electrons. The largest absolute Gasteiger partial charge is 0.396 e. The number of carbonyl (C=O) groups is 1. The molecule has 0 rings (SSSR count). The van der Waals surface area contributed by atoms with Crippen LogP contribution >= 0.6 is 0 Å². The van der Waals surface area contributed by atoms with Crippen molar-refractivity contribution in [3.63, 3.8) is 0 Å². The van der Waals surface area contributed by atoms with Crippen LogP contribution in [0.15, 0.2) is 0 Å². The fraction of sp³-hybridized carbons (Fsp3) is 0.950. The summed E-state index contributed by atoms with van der Waals surface area (Å²) in [6, 6.07) is 0. The average Bonchev–Trinajstić information content (AvgIpc) is 2.39. The zero-order chi connectivity index (χ0) is 17.4. The highest BCUT2D eigenvalue weighted by molar-refractivity contribution is 5.49. The van der Waals surface area contributed by atoms with E-state index in [-0.39, 0.29) is 0 Å². The van der Waals surface area contributed by atoms with E-state index in [0.29, 0.717) is 18.4 Å². The molecule has 1 N–H and O–H groups in total. The van der Waals surface area contributed by atoms with Crippen molar-refractivity contribution in [2.75, 3.05) is 6.61 Å². The summed E-state index contributed by atoms with van der Waals surface area (Å²) in [6.45, 7) is 13.7. The van der Waals surface area contributed by atoms with Gasteiger partial charge in [0.05, 0.1) is 0 Å².